The van der Waals surface area contributed by atoms with E-state index in [0.29, 0.717) is 19.0 Å². The number of amides is 1. The van der Waals surface area contributed by atoms with E-state index in [1.54, 1.807) is 0 Å². The van der Waals surface area contributed by atoms with E-state index in [9.17, 15) is 4.79 Å². The Labute approximate surface area is 139 Å². The van der Waals surface area contributed by atoms with Gasteiger partial charge in [-0.05, 0) is 19.4 Å². The van der Waals surface area contributed by atoms with Crippen LogP contribution in [0.15, 0.2) is 30.3 Å². The molecule has 22 heavy (non-hydrogen) atoms. The molecule has 1 aliphatic heterocycles. The summed E-state index contributed by atoms with van der Waals surface area (Å²) in [6, 6.07) is 10.3. The number of hydrogen-bond acceptors (Lipinski definition) is 5. The second kappa shape index (κ2) is 8.22. The zero-order chi connectivity index (χ0) is 14.5. The number of rotatable bonds is 5. The van der Waals surface area contributed by atoms with Crippen LogP contribution >= 0.6 is 23.7 Å². The van der Waals surface area contributed by atoms with Gasteiger partial charge in [-0.3, -0.25) is 4.79 Å². The predicted molar refractivity (Wildman–Crippen MR) is 90.1 cm³/mol. The highest BCUT2D eigenvalue weighted by Gasteiger charge is 2.17. The molecule has 1 atom stereocenters. The van der Waals surface area contributed by atoms with Gasteiger partial charge < -0.3 is 10.6 Å². The molecule has 1 aromatic carbocycles. The van der Waals surface area contributed by atoms with Gasteiger partial charge in [0.15, 0.2) is 0 Å². The monoisotopic (exact) mass is 338 g/mol. The Kier molecular flexibility index (Phi) is 6.30. The average molecular weight is 339 g/mol. The van der Waals surface area contributed by atoms with Crippen LogP contribution in [0.25, 0.3) is 10.6 Å². The summed E-state index contributed by atoms with van der Waals surface area (Å²) in [7, 11) is 0. The molecular weight excluding hydrogens is 320 g/mol. The molecule has 0 bridgehead atoms. The number of nitrogens with one attached hydrogen (secondary N) is 2. The zero-order valence-electron chi connectivity index (χ0n) is 12.1. The molecule has 118 valence electrons. The van der Waals surface area contributed by atoms with Crippen LogP contribution in [0.3, 0.4) is 0 Å². The highest BCUT2D eigenvalue weighted by molar-refractivity contribution is 7.14. The molecule has 3 rings (SSSR count). The lowest BCUT2D eigenvalue weighted by molar-refractivity contribution is -0.121. The second-order valence-electron chi connectivity index (χ2n) is 5.14. The summed E-state index contributed by atoms with van der Waals surface area (Å²) in [4.78, 5) is 11.9. The SMILES string of the molecule is Cl.O=C(CC1CCCN1)NCc1nnc(-c2ccccc2)s1. The molecule has 2 aromatic rings. The van der Waals surface area contributed by atoms with Crippen molar-refractivity contribution >= 4 is 29.7 Å². The lowest BCUT2D eigenvalue weighted by Gasteiger charge is -2.09. The van der Waals surface area contributed by atoms with Crippen molar-refractivity contribution in [3.05, 3.63) is 35.3 Å². The molecule has 0 spiro atoms. The van der Waals surface area contributed by atoms with E-state index in [1.807, 2.05) is 30.3 Å². The van der Waals surface area contributed by atoms with Crippen LogP contribution in [0.5, 0.6) is 0 Å². The van der Waals surface area contributed by atoms with Crippen LogP contribution in [0.1, 0.15) is 24.3 Å². The van der Waals surface area contributed by atoms with Crippen molar-refractivity contribution in [3.63, 3.8) is 0 Å². The highest BCUT2D eigenvalue weighted by Crippen LogP contribution is 2.22. The fraction of sp³-hybridized carbons (Fsp3) is 0.400. The molecule has 1 unspecified atom stereocenters. The van der Waals surface area contributed by atoms with Crippen molar-refractivity contribution in [2.24, 2.45) is 0 Å². The molecule has 1 saturated heterocycles. The van der Waals surface area contributed by atoms with Gasteiger partial charge in [0, 0.05) is 18.0 Å². The largest absolute Gasteiger partial charge is 0.349 e. The summed E-state index contributed by atoms with van der Waals surface area (Å²) >= 11 is 1.52. The quantitative estimate of drug-likeness (QED) is 0.878. The van der Waals surface area contributed by atoms with Gasteiger partial charge in [-0.1, -0.05) is 41.7 Å². The molecule has 7 heteroatoms. The van der Waals surface area contributed by atoms with Gasteiger partial charge >= 0.3 is 0 Å². The lowest BCUT2D eigenvalue weighted by Crippen LogP contribution is -2.31. The first-order chi connectivity index (χ1) is 10.3. The molecule has 0 radical (unpaired) electrons. The normalized spacial score (nSPS) is 17.0. The summed E-state index contributed by atoms with van der Waals surface area (Å²) in [6.45, 7) is 1.48. The minimum Gasteiger partial charge on any atom is -0.349 e. The van der Waals surface area contributed by atoms with Crippen molar-refractivity contribution in [1.82, 2.24) is 20.8 Å². The number of carbonyl (C=O) groups excluding carboxylic acids is 1. The third-order valence-corrected chi connectivity index (χ3v) is 4.49. The summed E-state index contributed by atoms with van der Waals surface area (Å²) in [5.41, 5.74) is 1.06. The van der Waals surface area contributed by atoms with Crippen LogP contribution in [-0.4, -0.2) is 28.7 Å². The molecule has 2 heterocycles. The molecule has 0 aliphatic carbocycles. The number of hydrogen-bond donors (Lipinski definition) is 2. The Morgan fingerprint density at radius 2 is 2.14 bits per heavy atom. The van der Waals surface area contributed by atoms with Gasteiger partial charge in [0.05, 0.1) is 6.54 Å². The summed E-state index contributed by atoms with van der Waals surface area (Å²) in [5.74, 6) is 0.0749. The van der Waals surface area contributed by atoms with Crippen LogP contribution in [0.4, 0.5) is 0 Å². The first-order valence-corrected chi connectivity index (χ1v) is 8.01. The second-order valence-corrected chi connectivity index (χ2v) is 6.20. The van der Waals surface area contributed by atoms with E-state index in [-0.39, 0.29) is 18.3 Å². The Bertz CT molecular complexity index is 599. The molecule has 1 aliphatic rings. The lowest BCUT2D eigenvalue weighted by atomic mass is 10.1. The van der Waals surface area contributed by atoms with Gasteiger partial charge in [-0.25, -0.2) is 0 Å². The van der Waals surface area contributed by atoms with E-state index in [4.69, 9.17) is 0 Å². The maximum absolute atomic E-state index is 11.9. The van der Waals surface area contributed by atoms with E-state index >= 15 is 0 Å². The smallest absolute Gasteiger partial charge is 0.221 e. The molecule has 1 aromatic heterocycles. The first-order valence-electron chi connectivity index (χ1n) is 7.19. The van der Waals surface area contributed by atoms with Gasteiger partial charge in [0.2, 0.25) is 5.91 Å². The molecule has 2 N–H and O–H groups in total. The highest BCUT2D eigenvalue weighted by atomic mass is 35.5. The number of aromatic nitrogens is 2. The molecule has 1 amide bonds. The minimum absolute atomic E-state index is 0. The number of nitrogens with zero attached hydrogens (tertiary/aromatic N) is 2. The Morgan fingerprint density at radius 3 is 2.86 bits per heavy atom. The Morgan fingerprint density at radius 1 is 1.32 bits per heavy atom. The van der Waals surface area contributed by atoms with Gasteiger partial charge in [-0.15, -0.1) is 22.6 Å². The van der Waals surface area contributed by atoms with Crippen molar-refractivity contribution in [2.45, 2.75) is 31.8 Å². The van der Waals surface area contributed by atoms with E-state index < -0.39 is 0 Å². The first kappa shape index (κ1) is 16.9. The fourth-order valence-corrected chi connectivity index (χ4v) is 3.21. The maximum Gasteiger partial charge on any atom is 0.221 e. The third kappa shape index (κ3) is 4.50. The fourth-order valence-electron chi connectivity index (χ4n) is 2.42. The number of halogens is 1. The van der Waals surface area contributed by atoms with Crippen LogP contribution in [0.2, 0.25) is 0 Å². The topological polar surface area (TPSA) is 66.9 Å². The molecular formula is C15H19ClN4OS. The molecule has 0 saturated carbocycles. The van der Waals surface area contributed by atoms with Crippen molar-refractivity contribution in [1.29, 1.82) is 0 Å². The van der Waals surface area contributed by atoms with Crippen LogP contribution < -0.4 is 10.6 Å². The van der Waals surface area contributed by atoms with Gasteiger partial charge in [0.1, 0.15) is 10.0 Å². The van der Waals surface area contributed by atoms with Crippen LogP contribution in [-0.2, 0) is 11.3 Å². The summed E-state index contributed by atoms with van der Waals surface area (Å²) < 4.78 is 0. The van der Waals surface area contributed by atoms with E-state index in [0.717, 1.165) is 35.0 Å². The molecule has 5 nitrogen and oxygen atoms in total. The Hall–Kier alpha value is -1.50. The standard InChI is InChI=1S/C15H18N4OS.ClH/c20-13(9-12-7-4-8-16-12)17-10-14-18-19-15(21-14)11-5-2-1-3-6-11;/h1-3,5-6,12,16H,4,7-10H2,(H,17,20);1H. The maximum atomic E-state index is 11.9. The number of benzene rings is 1. The van der Waals surface area contributed by atoms with Gasteiger partial charge in [0.25, 0.3) is 0 Å². The molecule has 1 fully saturated rings. The summed E-state index contributed by atoms with van der Waals surface area (Å²) in [6.07, 6.45) is 2.80. The summed E-state index contributed by atoms with van der Waals surface area (Å²) in [5, 5.41) is 16.3. The predicted octanol–water partition coefficient (Wildman–Crippen LogP) is 2.39. The number of carbonyl (C=O) groups is 1. The van der Waals surface area contributed by atoms with Crippen LogP contribution in [0, 0.1) is 0 Å². The third-order valence-electron chi connectivity index (χ3n) is 3.52. The Balaban J connectivity index is 0.00000176. The average Bonchev–Trinajstić information content (AvgIpc) is 3.17. The van der Waals surface area contributed by atoms with Crippen molar-refractivity contribution in [3.8, 4) is 10.6 Å². The van der Waals surface area contributed by atoms with E-state index in [1.165, 1.54) is 11.3 Å². The minimum atomic E-state index is 0. The zero-order valence-corrected chi connectivity index (χ0v) is 13.8. The van der Waals surface area contributed by atoms with E-state index in [2.05, 4.69) is 20.8 Å². The van der Waals surface area contributed by atoms with Gasteiger partial charge in [-0.2, -0.15) is 0 Å². The van der Waals surface area contributed by atoms with Crippen molar-refractivity contribution < 1.29 is 4.79 Å². The van der Waals surface area contributed by atoms with Crippen molar-refractivity contribution in [2.75, 3.05) is 6.54 Å².